The summed E-state index contributed by atoms with van der Waals surface area (Å²) in [6.07, 6.45) is -7.07. The fourth-order valence-corrected chi connectivity index (χ4v) is 4.95. The lowest BCUT2D eigenvalue weighted by atomic mass is 9.98. The van der Waals surface area contributed by atoms with Gasteiger partial charge in [-0.15, -0.1) is 0 Å². The van der Waals surface area contributed by atoms with Crippen LogP contribution in [0.1, 0.15) is 12.0 Å². The number of aromatic hydroxyl groups is 1. The van der Waals surface area contributed by atoms with Crippen molar-refractivity contribution in [2.24, 2.45) is 0 Å². The van der Waals surface area contributed by atoms with Crippen LogP contribution in [0.5, 0.6) is 11.5 Å². The number of carbonyl (C=O) groups excluding carboxylic acids is 1. The van der Waals surface area contributed by atoms with Crippen LogP contribution in [-0.4, -0.2) is 109 Å². The maximum atomic E-state index is 12.0. The average Bonchev–Trinajstić information content (AvgIpc) is 3.22. The van der Waals surface area contributed by atoms with Crippen molar-refractivity contribution in [3.8, 4) is 11.5 Å². The van der Waals surface area contributed by atoms with Crippen LogP contribution in [0.4, 0.5) is 5.69 Å². The summed E-state index contributed by atoms with van der Waals surface area (Å²) in [7, 11) is 0. The van der Waals surface area contributed by atoms with Gasteiger partial charge in [-0.3, -0.25) is 4.90 Å². The number of carbonyl (C=O) groups is 3. The molecule has 1 aromatic carbocycles. The third kappa shape index (κ3) is 4.92. The van der Waals surface area contributed by atoms with Gasteiger partial charge in [-0.05, 0) is 6.07 Å². The van der Waals surface area contributed by atoms with E-state index in [1.807, 2.05) is 0 Å². The first-order chi connectivity index (χ1) is 17.4. The third-order valence-electron chi connectivity index (χ3n) is 6.79. The van der Waals surface area contributed by atoms with E-state index in [9.17, 15) is 55.2 Å². The minimum absolute atomic E-state index is 0.143. The Kier molecular flexibility index (Phi) is 7.27. The number of ether oxygens (including phenoxy) is 2. The Labute approximate surface area is 208 Å². The molecule has 3 aliphatic rings. The number of rotatable bonds is 7. The van der Waals surface area contributed by atoms with Crippen molar-refractivity contribution in [2.45, 2.75) is 61.7 Å². The van der Waals surface area contributed by atoms with Gasteiger partial charge in [0.05, 0.1) is 6.61 Å². The van der Waals surface area contributed by atoms with E-state index in [4.69, 9.17) is 9.47 Å². The number of aliphatic hydroxyl groups is 4. The smallest absolute Gasteiger partial charge is 0.351 e. The Morgan fingerprint density at radius 1 is 1.14 bits per heavy atom. The molecule has 202 valence electrons. The van der Waals surface area contributed by atoms with Gasteiger partial charge in [0.2, 0.25) is 6.29 Å². The van der Waals surface area contributed by atoms with E-state index in [2.05, 4.69) is 5.32 Å². The molecule has 1 aromatic rings. The van der Waals surface area contributed by atoms with Crippen LogP contribution >= 0.6 is 0 Å². The Bertz CT molecular complexity index is 1120. The number of hydrogen-bond donors (Lipinski definition) is 9. The summed E-state index contributed by atoms with van der Waals surface area (Å²) < 4.78 is 10.8. The van der Waals surface area contributed by atoms with Gasteiger partial charge >= 0.3 is 11.9 Å². The van der Waals surface area contributed by atoms with Crippen molar-refractivity contribution >= 4 is 23.6 Å². The van der Waals surface area contributed by atoms with Crippen molar-refractivity contribution in [1.82, 2.24) is 5.32 Å². The quantitative estimate of drug-likeness (QED) is 0.161. The first-order valence-electron chi connectivity index (χ1n) is 11.3. The number of phenolic OH excluding ortho intramolecular Hbond substituents is 1. The molecule has 9 unspecified atom stereocenters. The molecule has 0 radical (unpaired) electrons. The second-order valence-electron chi connectivity index (χ2n) is 9.09. The van der Waals surface area contributed by atoms with Crippen LogP contribution < -0.4 is 20.1 Å². The van der Waals surface area contributed by atoms with Crippen LogP contribution in [-0.2, 0) is 25.5 Å². The summed E-state index contributed by atoms with van der Waals surface area (Å²) >= 11 is 0. The van der Waals surface area contributed by atoms with Crippen molar-refractivity contribution in [3.63, 3.8) is 0 Å². The monoisotopic (exact) mass is 526 g/mol. The molecule has 3 aliphatic heterocycles. The zero-order valence-electron chi connectivity index (χ0n) is 19.1. The summed E-state index contributed by atoms with van der Waals surface area (Å²) in [5.74, 6) is -5.04. The van der Waals surface area contributed by atoms with E-state index in [0.717, 1.165) is 0 Å². The molecule has 0 aliphatic carbocycles. The van der Waals surface area contributed by atoms with E-state index in [1.54, 1.807) is 0 Å². The molecule has 1 fully saturated rings. The topological polar surface area (TPSA) is 251 Å². The van der Waals surface area contributed by atoms with E-state index in [1.165, 1.54) is 18.2 Å². The first-order valence-corrected chi connectivity index (χ1v) is 11.3. The van der Waals surface area contributed by atoms with Crippen LogP contribution in [0.3, 0.4) is 0 Å². The second kappa shape index (κ2) is 10.1. The predicted octanol–water partition coefficient (Wildman–Crippen LogP) is -5.45. The van der Waals surface area contributed by atoms with Crippen molar-refractivity contribution in [3.05, 3.63) is 29.5 Å². The average molecular weight is 526 g/mol. The Morgan fingerprint density at radius 3 is 2.43 bits per heavy atom. The molecule has 9 atom stereocenters. The summed E-state index contributed by atoms with van der Waals surface area (Å²) in [5.41, 5.74) is 0.177. The number of benzene rings is 1. The van der Waals surface area contributed by atoms with Crippen LogP contribution in [0.15, 0.2) is 23.9 Å². The largest absolute Gasteiger partial charge is 0.544 e. The Hall–Kier alpha value is -3.47. The molecule has 15 heteroatoms. The maximum Gasteiger partial charge on any atom is 0.351 e. The minimum Gasteiger partial charge on any atom is -0.544 e. The number of aliphatic hydroxyl groups excluding tert-OH is 4. The van der Waals surface area contributed by atoms with Gasteiger partial charge in [-0.1, -0.05) is 0 Å². The molecule has 3 heterocycles. The number of carboxylic acid groups (broad SMARTS) is 3. The standard InChI is InChI=1S/C22H26N2O13/c25-6-15-16(27)17(28)18(29)22(37-15)36-14-2-7-1-12(21(34)35)24(11(7)5-13(14)26)8-3-9(19(30)31)23-10(4-8)20(32)33/h2-3,5,8,10,12,15-18,22-23,25-29H,1,4,6H2,(H,30,31)(H,32,33)(H,34,35). The lowest BCUT2D eigenvalue weighted by molar-refractivity contribution is -0.867. The normalized spacial score (nSPS) is 35.1. The zero-order valence-corrected chi connectivity index (χ0v) is 19.1. The van der Waals surface area contributed by atoms with E-state index >= 15 is 0 Å². The minimum atomic E-state index is -1.76. The number of quaternary nitrogens is 1. The van der Waals surface area contributed by atoms with Gasteiger partial charge in [-0.2, -0.15) is 0 Å². The highest BCUT2D eigenvalue weighted by molar-refractivity contribution is 5.88. The molecule has 15 nitrogen and oxygen atoms in total. The van der Waals surface area contributed by atoms with Gasteiger partial charge < -0.3 is 60.4 Å². The van der Waals surface area contributed by atoms with Crippen molar-refractivity contribution in [1.29, 1.82) is 0 Å². The Morgan fingerprint density at radius 2 is 1.84 bits per heavy atom. The van der Waals surface area contributed by atoms with E-state index in [0.29, 0.717) is 5.56 Å². The molecule has 9 N–H and O–H groups in total. The van der Waals surface area contributed by atoms with Crippen molar-refractivity contribution in [2.75, 3.05) is 6.61 Å². The molecule has 0 amide bonds. The lowest BCUT2D eigenvalue weighted by Gasteiger charge is -2.39. The Balaban J connectivity index is 1.67. The number of nitrogens with one attached hydrogen (secondary N) is 2. The summed E-state index contributed by atoms with van der Waals surface area (Å²) in [6.45, 7) is -0.702. The number of aliphatic carboxylic acids is 3. The first kappa shape index (κ1) is 26.6. The molecule has 4 rings (SSSR count). The number of phenols is 1. The molecular formula is C22H26N2O13. The summed E-state index contributed by atoms with van der Waals surface area (Å²) in [6, 6.07) is -1.05. The molecule has 0 bridgehead atoms. The number of fused-ring (bicyclic) bond motifs is 1. The molecule has 1 saturated heterocycles. The highest BCUT2D eigenvalue weighted by atomic mass is 16.7. The predicted molar refractivity (Wildman–Crippen MR) is 114 cm³/mol. The molecule has 37 heavy (non-hydrogen) atoms. The van der Waals surface area contributed by atoms with Gasteiger partial charge in [0.25, 0.3) is 0 Å². The van der Waals surface area contributed by atoms with Gasteiger partial charge in [0.1, 0.15) is 59.9 Å². The molecule has 0 spiro atoms. The molecule has 0 saturated carbocycles. The highest BCUT2D eigenvalue weighted by Crippen LogP contribution is 2.36. The lowest BCUT2D eigenvalue weighted by Crippen LogP contribution is -3.15. The number of carboxylic acids is 3. The summed E-state index contributed by atoms with van der Waals surface area (Å²) in [4.78, 5) is 35.3. The van der Waals surface area contributed by atoms with Crippen LogP contribution in [0.2, 0.25) is 0 Å². The van der Waals surface area contributed by atoms with Crippen LogP contribution in [0.25, 0.3) is 0 Å². The summed E-state index contributed by atoms with van der Waals surface area (Å²) in [5, 5.41) is 83.3. The molecular weight excluding hydrogens is 500 g/mol. The number of hydrogen-bond acceptors (Lipinski definition) is 12. The maximum absolute atomic E-state index is 12.0. The van der Waals surface area contributed by atoms with Gasteiger partial charge in [0, 0.05) is 30.5 Å². The van der Waals surface area contributed by atoms with Crippen molar-refractivity contribution < 1.29 is 69.6 Å². The van der Waals surface area contributed by atoms with E-state index in [-0.39, 0.29) is 29.2 Å². The fourth-order valence-electron chi connectivity index (χ4n) is 4.95. The van der Waals surface area contributed by atoms with Gasteiger partial charge in [-0.25, -0.2) is 9.59 Å². The van der Waals surface area contributed by atoms with E-state index < -0.39 is 84.8 Å². The van der Waals surface area contributed by atoms with Crippen LogP contribution in [0, 0.1) is 0 Å². The molecule has 0 aromatic heterocycles. The third-order valence-corrected chi connectivity index (χ3v) is 6.79. The van der Waals surface area contributed by atoms with Gasteiger partial charge in [0.15, 0.2) is 11.5 Å². The SMILES string of the molecule is O=C(O)C1=CC([NH+]2c3cc(O)c(OC4OC(CO)C(O)C(O)C4O)cc3CC2C(=O)[O-])CC(C(=O)O)N1. The zero-order chi connectivity index (χ0) is 27.2. The highest BCUT2D eigenvalue weighted by Gasteiger charge is 2.47. The second-order valence-corrected chi connectivity index (χ2v) is 9.09. The fraction of sp³-hybridized carbons (Fsp3) is 0.500.